The van der Waals surface area contributed by atoms with E-state index in [9.17, 15) is 9.59 Å². The molecule has 2 aromatic carbocycles. The van der Waals surface area contributed by atoms with Gasteiger partial charge in [0.05, 0.1) is 12.8 Å². The summed E-state index contributed by atoms with van der Waals surface area (Å²) in [7, 11) is 1.58. The average molecular weight is 411 g/mol. The van der Waals surface area contributed by atoms with Crippen molar-refractivity contribution in [1.82, 2.24) is 10.2 Å². The number of hydrogen-bond donors (Lipinski definition) is 2. The van der Waals surface area contributed by atoms with E-state index in [4.69, 9.17) is 14.2 Å². The van der Waals surface area contributed by atoms with E-state index in [0.717, 1.165) is 12.8 Å². The molecule has 0 bridgehead atoms. The zero-order valence-electron chi connectivity index (χ0n) is 16.8. The Morgan fingerprint density at radius 2 is 1.87 bits per heavy atom. The van der Waals surface area contributed by atoms with Crippen molar-refractivity contribution < 1.29 is 23.8 Å². The lowest BCUT2D eigenvalue weighted by atomic mass is 9.97. The molecule has 1 fully saturated rings. The van der Waals surface area contributed by atoms with Crippen LogP contribution in [-0.2, 0) is 0 Å². The Bertz CT molecular complexity index is 925. The smallest absolute Gasteiger partial charge is 0.321 e. The van der Waals surface area contributed by atoms with Gasteiger partial charge in [0.1, 0.15) is 5.75 Å². The first-order chi connectivity index (χ1) is 14.6. The van der Waals surface area contributed by atoms with Gasteiger partial charge in [-0.3, -0.25) is 4.79 Å². The van der Waals surface area contributed by atoms with Gasteiger partial charge in [-0.05, 0) is 49.1 Å². The van der Waals surface area contributed by atoms with Crippen molar-refractivity contribution in [3.8, 4) is 17.2 Å². The molecule has 4 rings (SSSR count). The second kappa shape index (κ2) is 8.94. The summed E-state index contributed by atoms with van der Waals surface area (Å²) >= 11 is 0. The fraction of sp³-hybridized carbons (Fsp3) is 0.364. The molecular formula is C22H25N3O5. The molecule has 2 N–H and O–H groups in total. The Balaban J connectivity index is 1.23. The molecule has 2 aliphatic rings. The number of likely N-dealkylation sites (tertiary alicyclic amines) is 1. The first-order valence-electron chi connectivity index (χ1n) is 10.0. The van der Waals surface area contributed by atoms with E-state index in [1.165, 1.54) is 0 Å². The minimum Gasteiger partial charge on any atom is -0.495 e. The minimum atomic E-state index is -0.137. The summed E-state index contributed by atoms with van der Waals surface area (Å²) in [6.07, 6.45) is 1.67. The van der Waals surface area contributed by atoms with E-state index in [0.29, 0.717) is 54.1 Å². The van der Waals surface area contributed by atoms with Crippen molar-refractivity contribution in [3.05, 3.63) is 48.0 Å². The van der Waals surface area contributed by atoms with E-state index < -0.39 is 0 Å². The molecule has 158 valence electrons. The molecule has 2 aromatic rings. The maximum absolute atomic E-state index is 12.6. The zero-order valence-corrected chi connectivity index (χ0v) is 16.8. The van der Waals surface area contributed by atoms with Gasteiger partial charge in [0.25, 0.3) is 5.91 Å². The maximum atomic E-state index is 12.6. The molecule has 2 aliphatic heterocycles. The molecule has 0 unspecified atom stereocenters. The molecule has 8 nitrogen and oxygen atoms in total. The third-order valence-corrected chi connectivity index (χ3v) is 5.44. The van der Waals surface area contributed by atoms with Gasteiger partial charge in [-0.25, -0.2) is 4.79 Å². The third kappa shape index (κ3) is 4.42. The van der Waals surface area contributed by atoms with Crippen LogP contribution in [0.4, 0.5) is 10.5 Å². The van der Waals surface area contributed by atoms with Gasteiger partial charge in [-0.1, -0.05) is 12.1 Å². The fourth-order valence-corrected chi connectivity index (χ4v) is 3.66. The van der Waals surface area contributed by atoms with Gasteiger partial charge in [-0.15, -0.1) is 0 Å². The number of hydrogen-bond acceptors (Lipinski definition) is 5. The summed E-state index contributed by atoms with van der Waals surface area (Å²) in [5.74, 6) is 2.08. The SMILES string of the molecule is COc1ccccc1NC(=O)N1CCC(CNC(=O)c2ccc3c(c2)OCO3)CC1. The average Bonchev–Trinajstić information content (AvgIpc) is 3.26. The van der Waals surface area contributed by atoms with Crippen LogP contribution in [0.1, 0.15) is 23.2 Å². The molecule has 8 heteroatoms. The summed E-state index contributed by atoms with van der Waals surface area (Å²) in [5.41, 5.74) is 1.20. The molecule has 3 amide bonds. The molecule has 0 radical (unpaired) electrons. The molecular weight excluding hydrogens is 386 g/mol. The Morgan fingerprint density at radius 1 is 1.10 bits per heavy atom. The number of ether oxygens (including phenoxy) is 3. The number of rotatable bonds is 5. The summed E-state index contributed by atoms with van der Waals surface area (Å²) < 4.78 is 15.9. The van der Waals surface area contributed by atoms with Crippen LogP contribution < -0.4 is 24.8 Å². The van der Waals surface area contributed by atoms with Crippen molar-refractivity contribution in [2.45, 2.75) is 12.8 Å². The van der Waals surface area contributed by atoms with E-state index in [1.807, 2.05) is 24.3 Å². The van der Waals surface area contributed by atoms with Crippen LogP contribution in [0.3, 0.4) is 0 Å². The van der Waals surface area contributed by atoms with Crippen molar-refractivity contribution in [1.29, 1.82) is 0 Å². The van der Waals surface area contributed by atoms with Crippen LogP contribution in [0, 0.1) is 5.92 Å². The van der Waals surface area contributed by atoms with Crippen LogP contribution in [0.15, 0.2) is 42.5 Å². The van der Waals surface area contributed by atoms with Crippen molar-refractivity contribution in [3.63, 3.8) is 0 Å². The van der Waals surface area contributed by atoms with Crippen molar-refractivity contribution in [2.75, 3.05) is 38.9 Å². The Kier molecular flexibility index (Phi) is 5.92. The number of para-hydroxylation sites is 2. The molecule has 0 aromatic heterocycles. The number of methoxy groups -OCH3 is 1. The molecule has 1 saturated heterocycles. The Labute approximate surface area is 175 Å². The van der Waals surface area contributed by atoms with Gasteiger partial charge in [-0.2, -0.15) is 0 Å². The second-order valence-electron chi connectivity index (χ2n) is 7.34. The first-order valence-corrected chi connectivity index (χ1v) is 10.0. The number of fused-ring (bicyclic) bond motifs is 1. The molecule has 0 atom stereocenters. The predicted molar refractivity (Wildman–Crippen MR) is 111 cm³/mol. The highest BCUT2D eigenvalue weighted by Gasteiger charge is 2.24. The number of nitrogens with one attached hydrogen (secondary N) is 2. The number of nitrogens with zero attached hydrogens (tertiary/aromatic N) is 1. The van der Waals surface area contributed by atoms with Gasteiger partial charge in [0.2, 0.25) is 6.79 Å². The first kappa shape index (κ1) is 19.9. The Morgan fingerprint density at radius 3 is 2.67 bits per heavy atom. The molecule has 0 spiro atoms. The highest BCUT2D eigenvalue weighted by molar-refractivity contribution is 5.95. The minimum absolute atomic E-state index is 0.135. The van der Waals surface area contributed by atoms with Crippen LogP contribution in [0.25, 0.3) is 0 Å². The third-order valence-electron chi connectivity index (χ3n) is 5.44. The highest BCUT2D eigenvalue weighted by Crippen LogP contribution is 2.32. The summed E-state index contributed by atoms with van der Waals surface area (Å²) in [5, 5.41) is 5.90. The fourth-order valence-electron chi connectivity index (χ4n) is 3.66. The van der Waals surface area contributed by atoms with Crippen LogP contribution in [0.5, 0.6) is 17.2 Å². The molecule has 30 heavy (non-hydrogen) atoms. The monoisotopic (exact) mass is 411 g/mol. The molecule has 2 heterocycles. The van der Waals surface area contributed by atoms with Gasteiger partial charge < -0.3 is 29.7 Å². The van der Waals surface area contributed by atoms with E-state index >= 15 is 0 Å². The van der Waals surface area contributed by atoms with Crippen molar-refractivity contribution in [2.24, 2.45) is 5.92 Å². The Hall–Kier alpha value is -3.42. The summed E-state index contributed by atoms with van der Waals surface area (Å²) in [4.78, 5) is 26.8. The lowest BCUT2D eigenvalue weighted by Crippen LogP contribution is -2.43. The van der Waals surface area contributed by atoms with Crippen molar-refractivity contribution >= 4 is 17.6 Å². The maximum Gasteiger partial charge on any atom is 0.321 e. The lowest BCUT2D eigenvalue weighted by molar-refractivity contribution is 0.0938. The topological polar surface area (TPSA) is 89.1 Å². The number of carbonyl (C=O) groups is 2. The van der Waals surface area contributed by atoms with E-state index in [1.54, 1.807) is 30.2 Å². The van der Waals surface area contributed by atoms with Crippen LogP contribution >= 0.6 is 0 Å². The van der Waals surface area contributed by atoms with Crippen LogP contribution in [-0.4, -0.2) is 50.4 Å². The molecule has 0 aliphatic carbocycles. The molecule has 0 saturated carbocycles. The normalized spacial score (nSPS) is 15.6. The predicted octanol–water partition coefficient (Wildman–Crippen LogP) is 3.10. The number of anilines is 1. The lowest BCUT2D eigenvalue weighted by Gasteiger charge is -2.32. The summed E-state index contributed by atoms with van der Waals surface area (Å²) in [6.45, 7) is 2.05. The largest absolute Gasteiger partial charge is 0.495 e. The standard InChI is InChI=1S/C22H25N3O5/c1-28-18-5-3-2-4-17(18)24-22(27)25-10-8-15(9-11-25)13-23-21(26)16-6-7-19-20(12-16)30-14-29-19/h2-7,12,15H,8-11,13-14H2,1H3,(H,23,26)(H,24,27). The highest BCUT2D eigenvalue weighted by atomic mass is 16.7. The summed E-state index contributed by atoms with van der Waals surface area (Å²) in [6, 6.07) is 12.4. The van der Waals surface area contributed by atoms with Gasteiger partial charge in [0, 0.05) is 25.2 Å². The number of amides is 3. The number of carbonyl (C=O) groups excluding carboxylic acids is 2. The van der Waals surface area contributed by atoms with Gasteiger partial charge in [0.15, 0.2) is 11.5 Å². The van der Waals surface area contributed by atoms with E-state index in [-0.39, 0.29) is 18.7 Å². The zero-order chi connectivity index (χ0) is 20.9. The second-order valence-corrected chi connectivity index (χ2v) is 7.34. The van der Waals surface area contributed by atoms with E-state index in [2.05, 4.69) is 10.6 Å². The number of piperidine rings is 1. The number of urea groups is 1. The van der Waals surface area contributed by atoms with Gasteiger partial charge >= 0.3 is 6.03 Å². The number of benzene rings is 2. The van der Waals surface area contributed by atoms with Crippen LogP contribution in [0.2, 0.25) is 0 Å². The quantitative estimate of drug-likeness (QED) is 0.789.